The highest BCUT2D eigenvalue weighted by molar-refractivity contribution is 5.75. The van der Waals surface area contributed by atoms with Gasteiger partial charge in [-0.2, -0.15) is 0 Å². The minimum atomic E-state index is -0.701. The molecule has 0 bridgehead atoms. The van der Waals surface area contributed by atoms with E-state index >= 15 is 0 Å². The van der Waals surface area contributed by atoms with Crippen LogP contribution in [0.3, 0.4) is 0 Å². The maximum absolute atomic E-state index is 13.3. The SMILES string of the molecule is CC(C)(C)OC(=O)CN(CCN(CCN)CC[N+](CCNCCN)(CC(=O)OC(C)(C)C)CC(=O)OC(C)(C)C)CC(=O)OC(C)(C)C. The fourth-order valence-electron chi connectivity index (χ4n) is 4.80. The molecule has 14 nitrogen and oxygen atoms in total. The molecule has 0 aliphatic rings. The van der Waals surface area contributed by atoms with E-state index in [0.717, 1.165) is 0 Å². The Morgan fingerprint density at radius 2 is 0.917 bits per heavy atom. The van der Waals surface area contributed by atoms with Crippen molar-refractivity contribution in [3.8, 4) is 0 Å². The minimum Gasteiger partial charge on any atom is -0.459 e. The van der Waals surface area contributed by atoms with Crippen LogP contribution in [0.4, 0.5) is 0 Å². The normalized spacial score (nSPS) is 13.1. The molecule has 14 heteroatoms. The van der Waals surface area contributed by atoms with Crippen LogP contribution in [0.1, 0.15) is 83.1 Å². The number of carbonyl (C=O) groups is 4. The van der Waals surface area contributed by atoms with Crippen LogP contribution in [-0.4, -0.2) is 152 Å². The molecule has 0 fully saturated rings. The molecule has 0 unspecified atom stereocenters. The number of nitrogens with one attached hydrogen (secondary N) is 1. The quantitative estimate of drug-likeness (QED) is 0.0681. The fourth-order valence-corrected chi connectivity index (χ4v) is 4.80. The minimum absolute atomic E-state index is 0.0410. The second-order valence-corrected chi connectivity index (χ2v) is 16.3. The van der Waals surface area contributed by atoms with Gasteiger partial charge in [0.05, 0.1) is 26.2 Å². The van der Waals surface area contributed by atoms with E-state index in [1.165, 1.54) is 0 Å². The van der Waals surface area contributed by atoms with E-state index < -0.39 is 46.3 Å². The van der Waals surface area contributed by atoms with Gasteiger partial charge in [-0.05, 0) is 83.1 Å². The molecule has 0 radical (unpaired) electrons. The summed E-state index contributed by atoms with van der Waals surface area (Å²) >= 11 is 0. The molecule has 48 heavy (non-hydrogen) atoms. The number of esters is 4. The number of quaternary nitrogens is 1. The zero-order chi connectivity index (χ0) is 37.4. The van der Waals surface area contributed by atoms with Crippen molar-refractivity contribution in [3.05, 3.63) is 0 Å². The van der Waals surface area contributed by atoms with Crippen LogP contribution in [0.2, 0.25) is 0 Å². The molecule has 0 spiro atoms. The van der Waals surface area contributed by atoms with Gasteiger partial charge in [0.25, 0.3) is 0 Å². The molecule has 0 atom stereocenters. The van der Waals surface area contributed by atoms with Crippen molar-refractivity contribution in [1.82, 2.24) is 15.1 Å². The van der Waals surface area contributed by atoms with Gasteiger partial charge in [-0.1, -0.05) is 0 Å². The van der Waals surface area contributed by atoms with Crippen LogP contribution in [-0.2, 0) is 38.1 Å². The molecule has 0 aliphatic heterocycles. The Kier molecular flexibility index (Phi) is 19.3. The number of rotatable bonds is 21. The summed E-state index contributed by atoms with van der Waals surface area (Å²) in [6, 6.07) is 0. The highest BCUT2D eigenvalue weighted by Gasteiger charge is 2.37. The first-order chi connectivity index (χ1) is 21.8. The lowest BCUT2D eigenvalue weighted by Gasteiger charge is -2.39. The summed E-state index contributed by atoms with van der Waals surface area (Å²) in [5.41, 5.74) is 8.95. The summed E-state index contributed by atoms with van der Waals surface area (Å²) in [6.07, 6.45) is 0. The summed E-state index contributed by atoms with van der Waals surface area (Å²) in [5, 5.41) is 3.28. The first-order valence-electron chi connectivity index (χ1n) is 17.0. The summed E-state index contributed by atoms with van der Waals surface area (Å²) in [7, 11) is 0. The fraction of sp³-hybridized carbons (Fsp3) is 0.882. The molecule has 0 aromatic heterocycles. The third kappa shape index (κ3) is 24.7. The Morgan fingerprint density at radius 3 is 1.29 bits per heavy atom. The smallest absolute Gasteiger partial charge is 0.362 e. The van der Waals surface area contributed by atoms with Crippen molar-refractivity contribution in [2.75, 3.05) is 91.6 Å². The van der Waals surface area contributed by atoms with Crippen molar-refractivity contribution in [2.24, 2.45) is 11.5 Å². The summed E-state index contributed by atoms with van der Waals surface area (Å²) in [4.78, 5) is 55.8. The Bertz CT molecular complexity index is 936. The Morgan fingerprint density at radius 1 is 0.521 bits per heavy atom. The van der Waals surface area contributed by atoms with Crippen molar-refractivity contribution < 1.29 is 42.6 Å². The van der Waals surface area contributed by atoms with Crippen molar-refractivity contribution in [3.63, 3.8) is 0 Å². The predicted molar refractivity (Wildman–Crippen MR) is 187 cm³/mol. The van der Waals surface area contributed by atoms with Gasteiger partial charge in [-0.25, -0.2) is 9.59 Å². The lowest BCUT2D eigenvalue weighted by atomic mass is 10.2. The van der Waals surface area contributed by atoms with Crippen molar-refractivity contribution in [1.29, 1.82) is 0 Å². The molecule has 0 saturated carbocycles. The van der Waals surface area contributed by atoms with Gasteiger partial charge in [0.15, 0.2) is 13.1 Å². The van der Waals surface area contributed by atoms with E-state index in [-0.39, 0.29) is 30.7 Å². The van der Waals surface area contributed by atoms with Gasteiger partial charge in [0.1, 0.15) is 22.4 Å². The number of nitrogens with two attached hydrogens (primary N) is 2. The molecule has 282 valence electrons. The number of ether oxygens (including phenoxy) is 4. The third-order valence-electron chi connectivity index (χ3n) is 6.47. The monoisotopic (exact) mass is 690 g/mol. The summed E-state index contributed by atoms with van der Waals surface area (Å²) < 4.78 is 22.5. The van der Waals surface area contributed by atoms with Gasteiger partial charge in [-0.3, -0.25) is 19.4 Å². The standard InChI is InChI=1S/C34H69N6O8/c1-31(2,3)45-27(41)23-39(24-28(42)46-32(4,5)6)19-18-38(17-14-36)20-22-40(21-16-37-15-13-35,25-29(43)47-33(7,8)9)26-30(44)48-34(10,11)12/h37H,13-26,35-36H2,1-12H3/q+1. The maximum Gasteiger partial charge on any atom is 0.362 e. The number of carbonyl (C=O) groups excluding carboxylic acids is 4. The highest BCUT2D eigenvalue weighted by atomic mass is 16.6. The van der Waals surface area contributed by atoms with Gasteiger partial charge in [0, 0.05) is 52.4 Å². The topological polar surface area (TPSA) is 176 Å². The molecule has 0 rings (SSSR count). The molecule has 0 saturated heterocycles. The molecular formula is C34H69N6O8+. The number of nitrogens with zero attached hydrogens (tertiary/aromatic N) is 3. The van der Waals surface area contributed by atoms with Gasteiger partial charge in [0.2, 0.25) is 0 Å². The van der Waals surface area contributed by atoms with Crippen LogP contribution in [0.15, 0.2) is 0 Å². The highest BCUT2D eigenvalue weighted by Crippen LogP contribution is 2.16. The third-order valence-corrected chi connectivity index (χ3v) is 6.47. The number of hydrogen-bond acceptors (Lipinski definition) is 13. The van der Waals surface area contributed by atoms with Crippen LogP contribution in [0.25, 0.3) is 0 Å². The zero-order valence-corrected chi connectivity index (χ0v) is 32.2. The molecule has 0 aliphatic carbocycles. The van der Waals surface area contributed by atoms with Crippen LogP contribution < -0.4 is 16.8 Å². The second-order valence-electron chi connectivity index (χ2n) is 16.3. The molecule has 0 aromatic carbocycles. The lowest BCUT2D eigenvalue weighted by Crippen LogP contribution is -2.60. The van der Waals surface area contributed by atoms with E-state index in [0.29, 0.717) is 65.4 Å². The maximum atomic E-state index is 13.3. The first-order valence-corrected chi connectivity index (χ1v) is 17.0. The van der Waals surface area contributed by atoms with E-state index in [9.17, 15) is 19.2 Å². The summed E-state index contributed by atoms with van der Waals surface area (Å²) in [5.74, 6) is -1.74. The first kappa shape index (κ1) is 45.6. The predicted octanol–water partition coefficient (Wildman–Crippen LogP) is 1.28. The zero-order valence-electron chi connectivity index (χ0n) is 32.2. The van der Waals surface area contributed by atoms with E-state index in [4.69, 9.17) is 30.4 Å². The molecule has 0 aromatic rings. The van der Waals surface area contributed by atoms with Gasteiger partial charge >= 0.3 is 23.9 Å². The largest absolute Gasteiger partial charge is 0.459 e. The molecule has 0 heterocycles. The Hall–Kier alpha value is -2.36. The molecule has 5 N–H and O–H groups in total. The molecular weight excluding hydrogens is 620 g/mol. The van der Waals surface area contributed by atoms with Crippen LogP contribution in [0.5, 0.6) is 0 Å². The lowest BCUT2D eigenvalue weighted by molar-refractivity contribution is -0.913. The second kappa shape index (κ2) is 20.3. The van der Waals surface area contributed by atoms with Gasteiger partial charge in [-0.15, -0.1) is 0 Å². The van der Waals surface area contributed by atoms with E-state index in [2.05, 4.69) is 10.2 Å². The van der Waals surface area contributed by atoms with E-state index in [1.54, 1.807) is 88.0 Å². The van der Waals surface area contributed by atoms with Crippen molar-refractivity contribution >= 4 is 23.9 Å². The summed E-state index contributed by atoms with van der Waals surface area (Å²) in [6.45, 7) is 25.8. The average Bonchev–Trinajstić information content (AvgIpc) is 2.83. The Labute approximate surface area is 290 Å². The number of hydrogen-bond donors (Lipinski definition) is 3. The van der Waals surface area contributed by atoms with Gasteiger partial charge < -0.3 is 40.2 Å². The van der Waals surface area contributed by atoms with Crippen molar-refractivity contribution in [2.45, 2.75) is 105 Å². The van der Waals surface area contributed by atoms with E-state index in [1.807, 2.05) is 0 Å². The van der Waals surface area contributed by atoms with Crippen LogP contribution in [0, 0.1) is 0 Å². The average molecular weight is 690 g/mol. The molecule has 0 amide bonds. The van der Waals surface area contributed by atoms with Crippen LogP contribution >= 0.6 is 0 Å². The Balaban J connectivity index is 6.23.